The van der Waals surface area contributed by atoms with Gasteiger partial charge in [-0.15, -0.1) is 10.2 Å². The number of aromatic nitrogens is 8. The molecule has 3 aromatic heterocycles. The van der Waals surface area contributed by atoms with Crippen molar-refractivity contribution in [2.45, 2.75) is 50.0 Å². The Labute approximate surface area is 239 Å². The van der Waals surface area contributed by atoms with Gasteiger partial charge in [0.2, 0.25) is 5.28 Å². The molecule has 212 valence electrons. The number of fused-ring (bicyclic) bond motifs is 1. The van der Waals surface area contributed by atoms with Crippen molar-refractivity contribution >= 4 is 28.6 Å². The van der Waals surface area contributed by atoms with E-state index in [1.54, 1.807) is 35.2 Å². The van der Waals surface area contributed by atoms with Gasteiger partial charge in [0.25, 0.3) is 0 Å². The SMILES string of the molecule is CCc1nnn([C@H]2C[C@@H](n3cnc4c(NCC(c5ccc(O)cc5)c5ccc(O)cc5)nc(Cl)nc43)[C@H](O)[C@@H]2O)n1. The molecule has 3 heterocycles. The predicted molar refractivity (Wildman–Crippen MR) is 149 cm³/mol. The normalized spacial score (nSPS) is 20.7. The Morgan fingerprint density at radius 1 is 0.951 bits per heavy atom. The Hall–Kier alpha value is -4.33. The Morgan fingerprint density at radius 2 is 1.59 bits per heavy atom. The molecule has 1 fully saturated rings. The van der Waals surface area contributed by atoms with Crippen LogP contribution in [0.4, 0.5) is 5.82 Å². The number of phenols is 2. The highest BCUT2D eigenvalue weighted by atomic mass is 35.5. The van der Waals surface area contributed by atoms with Gasteiger partial charge in [0.05, 0.1) is 12.4 Å². The minimum absolute atomic E-state index is 0.0114. The third kappa shape index (κ3) is 5.14. The molecule has 0 saturated heterocycles. The average molecular weight is 578 g/mol. The van der Waals surface area contributed by atoms with Crippen molar-refractivity contribution in [2.24, 2.45) is 0 Å². The smallest absolute Gasteiger partial charge is 0.226 e. The van der Waals surface area contributed by atoms with Crippen LogP contribution < -0.4 is 5.32 Å². The first-order chi connectivity index (χ1) is 19.8. The van der Waals surface area contributed by atoms with Crippen molar-refractivity contribution in [3.8, 4) is 11.5 Å². The van der Waals surface area contributed by atoms with Crippen molar-refractivity contribution in [1.82, 2.24) is 39.7 Å². The molecule has 1 aliphatic carbocycles. The zero-order chi connectivity index (χ0) is 28.7. The summed E-state index contributed by atoms with van der Waals surface area (Å²) in [6.07, 6.45) is 0.219. The zero-order valence-corrected chi connectivity index (χ0v) is 22.7. The highest BCUT2D eigenvalue weighted by molar-refractivity contribution is 6.28. The molecular weight excluding hydrogens is 550 g/mol. The Morgan fingerprint density at radius 3 is 2.20 bits per heavy atom. The maximum Gasteiger partial charge on any atom is 0.226 e. The molecular formula is C27H28ClN9O4. The van der Waals surface area contributed by atoms with E-state index in [9.17, 15) is 20.4 Å². The lowest BCUT2D eigenvalue weighted by Crippen LogP contribution is -2.31. The summed E-state index contributed by atoms with van der Waals surface area (Å²) < 4.78 is 1.69. The molecule has 0 radical (unpaired) electrons. The van der Waals surface area contributed by atoms with Crippen LogP contribution in [0.15, 0.2) is 54.9 Å². The van der Waals surface area contributed by atoms with Crippen molar-refractivity contribution < 1.29 is 20.4 Å². The van der Waals surface area contributed by atoms with Crippen LogP contribution in [-0.4, -0.2) is 78.9 Å². The van der Waals surface area contributed by atoms with Crippen LogP contribution in [-0.2, 0) is 6.42 Å². The van der Waals surface area contributed by atoms with E-state index >= 15 is 0 Å². The van der Waals surface area contributed by atoms with E-state index in [0.717, 1.165) is 11.1 Å². The number of anilines is 1. The number of aliphatic hydroxyl groups excluding tert-OH is 2. The first-order valence-electron chi connectivity index (χ1n) is 13.2. The molecule has 14 heteroatoms. The van der Waals surface area contributed by atoms with E-state index in [4.69, 9.17) is 11.6 Å². The molecule has 0 amide bonds. The number of imidazole rings is 1. The summed E-state index contributed by atoms with van der Waals surface area (Å²) in [6, 6.07) is 12.7. The first kappa shape index (κ1) is 26.9. The summed E-state index contributed by atoms with van der Waals surface area (Å²) in [7, 11) is 0. The fraction of sp³-hybridized carbons (Fsp3) is 0.333. The van der Waals surface area contributed by atoms with E-state index < -0.39 is 24.3 Å². The van der Waals surface area contributed by atoms with Crippen LogP contribution >= 0.6 is 11.6 Å². The topological polar surface area (TPSA) is 180 Å². The van der Waals surface area contributed by atoms with E-state index in [0.29, 0.717) is 42.2 Å². The number of rotatable bonds is 8. The molecule has 1 aliphatic rings. The fourth-order valence-corrected chi connectivity index (χ4v) is 5.49. The second kappa shape index (κ2) is 10.9. The largest absolute Gasteiger partial charge is 0.508 e. The van der Waals surface area contributed by atoms with Gasteiger partial charge < -0.3 is 30.3 Å². The lowest BCUT2D eigenvalue weighted by Gasteiger charge is -2.20. The van der Waals surface area contributed by atoms with Crippen LogP contribution in [0.5, 0.6) is 11.5 Å². The van der Waals surface area contributed by atoms with Gasteiger partial charge in [-0.1, -0.05) is 31.2 Å². The molecule has 1 saturated carbocycles. The molecule has 0 unspecified atom stereocenters. The quantitative estimate of drug-likeness (QED) is 0.171. The van der Waals surface area contributed by atoms with Gasteiger partial charge in [-0.2, -0.15) is 14.8 Å². The Bertz CT molecular complexity index is 1610. The summed E-state index contributed by atoms with van der Waals surface area (Å²) in [6.45, 7) is 2.30. The minimum atomic E-state index is -1.13. The highest BCUT2D eigenvalue weighted by Crippen LogP contribution is 2.39. The number of hydrogen-bond acceptors (Lipinski definition) is 11. The molecule has 6 rings (SSSR count). The second-order valence-corrected chi connectivity index (χ2v) is 10.4. The second-order valence-electron chi connectivity index (χ2n) is 10.0. The first-order valence-corrected chi connectivity index (χ1v) is 13.6. The van der Waals surface area contributed by atoms with Crippen LogP contribution in [0.25, 0.3) is 11.2 Å². The van der Waals surface area contributed by atoms with Gasteiger partial charge in [-0.05, 0) is 58.6 Å². The minimum Gasteiger partial charge on any atom is -0.508 e. The van der Waals surface area contributed by atoms with Gasteiger partial charge in [0, 0.05) is 18.9 Å². The summed E-state index contributed by atoms with van der Waals surface area (Å²) in [5.41, 5.74) is 2.72. The number of tetrazole rings is 1. The maximum atomic E-state index is 11.0. The monoisotopic (exact) mass is 577 g/mol. The molecule has 5 aromatic rings. The molecule has 4 atom stereocenters. The molecule has 0 aliphatic heterocycles. The van der Waals surface area contributed by atoms with Crippen molar-refractivity contribution in [1.29, 1.82) is 0 Å². The number of aryl methyl sites for hydroxylation is 1. The van der Waals surface area contributed by atoms with Crippen LogP contribution in [0.1, 0.15) is 48.3 Å². The molecule has 2 aromatic carbocycles. The summed E-state index contributed by atoms with van der Waals surface area (Å²) in [5, 5.41) is 57.1. The molecule has 0 spiro atoms. The third-order valence-electron chi connectivity index (χ3n) is 7.52. The predicted octanol–water partition coefficient (Wildman–Crippen LogP) is 2.59. The summed E-state index contributed by atoms with van der Waals surface area (Å²) in [4.78, 5) is 14.7. The Balaban J connectivity index is 1.30. The molecule has 41 heavy (non-hydrogen) atoms. The molecule has 0 bridgehead atoms. The number of hydrogen-bond donors (Lipinski definition) is 5. The highest BCUT2D eigenvalue weighted by Gasteiger charge is 2.45. The van der Waals surface area contributed by atoms with Crippen molar-refractivity contribution in [3.63, 3.8) is 0 Å². The van der Waals surface area contributed by atoms with Gasteiger partial charge in [-0.3, -0.25) is 0 Å². The summed E-state index contributed by atoms with van der Waals surface area (Å²) >= 11 is 6.35. The van der Waals surface area contributed by atoms with Crippen molar-refractivity contribution in [2.75, 3.05) is 11.9 Å². The lowest BCUT2D eigenvalue weighted by atomic mass is 9.91. The van der Waals surface area contributed by atoms with E-state index in [1.807, 2.05) is 31.2 Å². The molecule has 13 nitrogen and oxygen atoms in total. The van der Waals surface area contributed by atoms with Crippen LogP contribution in [0.2, 0.25) is 5.28 Å². The Kier molecular flexibility index (Phi) is 7.15. The van der Waals surface area contributed by atoms with Gasteiger partial charge in [0.1, 0.15) is 29.7 Å². The number of phenolic OH excluding ortho intramolecular Hbond substituents is 2. The number of aliphatic hydroxyl groups is 2. The van der Waals surface area contributed by atoms with Gasteiger partial charge >= 0.3 is 0 Å². The number of nitrogens with zero attached hydrogens (tertiary/aromatic N) is 8. The molecule has 5 N–H and O–H groups in total. The van der Waals surface area contributed by atoms with E-state index in [1.165, 1.54) is 4.80 Å². The lowest BCUT2D eigenvalue weighted by molar-refractivity contribution is 0.00473. The van der Waals surface area contributed by atoms with Gasteiger partial charge in [-0.25, -0.2) is 4.98 Å². The average Bonchev–Trinajstić information content (AvgIpc) is 3.68. The van der Waals surface area contributed by atoms with Gasteiger partial charge in [0.15, 0.2) is 22.8 Å². The maximum absolute atomic E-state index is 11.0. The fourth-order valence-electron chi connectivity index (χ4n) is 5.32. The van der Waals surface area contributed by atoms with Crippen LogP contribution in [0, 0.1) is 0 Å². The van der Waals surface area contributed by atoms with Crippen molar-refractivity contribution in [3.05, 3.63) is 77.1 Å². The van der Waals surface area contributed by atoms with Crippen LogP contribution in [0.3, 0.4) is 0 Å². The summed E-state index contributed by atoms with van der Waals surface area (Å²) in [5.74, 6) is 1.10. The third-order valence-corrected chi connectivity index (χ3v) is 7.69. The van der Waals surface area contributed by atoms with E-state index in [-0.39, 0.29) is 22.7 Å². The standard InChI is InChI=1S/C27H28ClN9O4/c1-2-21-33-35-37(34-21)20-11-19(23(40)24(20)41)36-13-30-22-25(31-27(28)32-26(22)36)29-12-18(14-3-7-16(38)8-4-14)15-5-9-17(39)10-6-15/h3-10,13,18-20,23-24,38-41H,2,11-12H2,1H3,(H,29,31,32)/t19-,20+,23+,24-/m1/s1. The zero-order valence-electron chi connectivity index (χ0n) is 21.9. The number of benzene rings is 2. The number of nitrogens with one attached hydrogen (secondary N) is 1. The van der Waals surface area contributed by atoms with E-state index in [2.05, 4.69) is 35.7 Å². The number of halogens is 1. The number of aromatic hydroxyl groups is 2.